The third-order valence-corrected chi connectivity index (χ3v) is 2.96. The van der Waals surface area contributed by atoms with Crippen LogP contribution >= 0.6 is 15.9 Å². The molecule has 2 N–H and O–H groups in total. The molecule has 0 aliphatic carbocycles. The monoisotopic (exact) mass is 314 g/mol. The highest BCUT2D eigenvalue weighted by Gasteiger charge is 2.05. The normalized spacial score (nSPS) is 10.7. The SMILES string of the molecule is CN(C)CCCCNc1cc(Br)cc(C(=O)O)c1. The van der Waals surface area contributed by atoms with Crippen LogP contribution in [0.2, 0.25) is 0 Å². The van der Waals surface area contributed by atoms with Gasteiger partial charge in [0, 0.05) is 16.7 Å². The maximum atomic E-state index is 10.9. The molecule has 1 aromatic carbocycles. The average Bonchev–Trinajstić information content (AvgIpc) is 2.27. The molecule has 1 aromatic rings. The largest absolute Gasteiger partial charge is 0.478 e. The Morgan fingerprint density at radius 1 is 1.33 bits per heavy atom. The molecule has 0 bridgehead atoms. The van der Waals surface area contributed by atoms with Crippen molar-refractivity contribution in [3.8, 4) is 0 Å². The molecule has 0 atom stereocenters. The standard InChI is InChI=1S/C13H19BrN2O2/c1-16(2)6-4-3-5-15-12-8-10(13(17)18)7-11(14)9-12/h7-9,15H,3-6H2,1-2H3,(H,17,18). The van der Waals surface area contributed by atoms with E-state index < -0.39 is 5.97 Å². The summed E-state index contributed by atoms with van der Waals surface area (Å²) in [6.07, 6.45) is 2.19. The lowest BCUT2D eigenvalue weighted by Crippen LogP contribution is -2.14. The molecule has 18 heavy (non-hydrogen) atoms. The molecular formula is C13H19BrN2O2. The summed E-state index contributed by atoms with van der Waals surface area (Å²) in [4.78, 5) is 13.1. The van der Waals surface area contributed by atoms with E-state index in [2.05, 4.69) is 40.2 Å². The van der Waals surface area contributed by atoms with E-state index in [-0.39, 0.29) is 0 Å². The van der Waals surface area contributed by atoms with E-state index in [1.165, 1.54) is 0 Å². The Hall–Kier alpha value is -1.07. The molecular weight excluding hydrogens is 296 g/mol. The predicted molar refractivity (Wildman–Crippen MR) is 77.4 cm³/mol. The minimum Gasteiger partial charge on any atom is -0.478 e. The number of hydrogen-bond donors (Lipinski definition) is 2. The Balaban J connectivity index is 2.44. The third-order valence-electron chi connectivity index (χ3n) is 2.51. The van der Waals surface area contributed by atoms with Crippen molar-refractivity contribution in [2.75, 3.05) is 32.5 Å². The van der Waals surface area contributed by atoms with Crippen LogP contribution in [0.25, 0.3) is 0 Å². The molecule has 1 rings (SSSR count). The van der Waals surface area contributed by atoms with Gasteiger partial charge >= 0.3 is 5.97 Å². The third kappa shape index (κ3) is 5.51. The van der Waals surface area contributed by atoms with Crippen molar-refractivity contribution in [2.45, 2.75) is 12.8 Å². The van der Waals surface area contributed by atoms with Crippen LogP contribution in [0.5, 0.6) is 0 Å². The number of halogens is 1. The summed E-state index contributed by atoms with van der Waals surface area (Å²) in [6, 6.07) is 5.14. The van der Waals surface area contributed by atoms with Gasteiger partial charge in [0.2, 0.25) is 0 Å². The van der Waals surface area contributed by atoms with Gasteiger partial charge in [-0.15, -0.1) is 0 Å². The first-order chi connectivity index (χ1) is 8.49. The number of rotatable bonds is 7. The minimum atomic E-state index is -0.910. The van der Waals surface area contributed by atoms with Crippen LogP contribution < -0.4 is 5.32 Å². The van der Waals surface area contributed by atoms with E-state index in [0.717, 1.165) is 36.1 Å². The number of carboxylic acids is 1. The molecule has 0 amide bonds. The van der Waals surface area contributed by atoms with Gasteiger partial charge in [0.1, 0.15) is 0 Å². The molecule has 0 aliphatic rings. The smallest absolute Gasteiger partial charge is 0.335 e. The lowest BCUT2D eigenvalue weighted by Gasteiger charge is -2.10. The molecule has 4 nitrogen and oxygen atoms in total. The summed E-state index contributed by atoms with van der Waals surface area (Å²) >= 11 is 3.31. The molecule has 0 radical (unpaired) electrons. The predicted octanol–water partition coefficient (Wildman–Crippen LogP) is 2.90. The fraction of sp³-hybridized carbons (Fsp3) is 0.462. The van der Waals surface area contributed by atoms with Gasteiger partial charge in [-0.2, -0.15) is 0 Å². The van der Waals surface area contributed by atoms with Gasteiger partial charge in [-0.05, 0) is 51.7 Å². The Bertz CT molecular complexity index is 408. The van der Waals surface area contributed by atoms with Crippen LogP contribution in [0, 0.1) is 0 Å². The Morgan fingerprint density at radius 3 is 2.67 bits per heavy atom. The van der Waals surface area contributed by atoms with E-state index >= 15 is 0 Å². The number of benzene rings is 1. The Kier molecular flexibility index (Phi) is 6.15. The molecule has 0 saturated carbocycles. The Morgan fingerprint density at radius 2 is 2.06 bits per heavy atom. The summed E-state index contributed by atoms with van der Waals surface area (Å²) in [6.45, 7) is 1.92. The van der Waals surface area contributed by atoms with Gasteiger partial charge in [-0.3, -0.25) is 0 Å². The number of anilines is 1. The first-order valence-corrected chi connectivity index (χ1v) is 6.71. The van der Waals surface area contributed by atoms with Gasteiger partial charge in [-0.25, -0.2) is 4.79 Å². The maximum Gasteiger partial charge on any atom is 0.335 e. The summed E-state index contributed by atoms with van der Waals surface area (Å²) in [5.74, 6) is -0.910. The summed E-state index contributed by atoms with van der Waals surface area (Å²) in [7, 11) is 4.11. The number of unbranched alkanes of at least 4 members (excludes halogenated alkanes) is 1. The second-order valence-corrected chi connectivity index (χ2v) is 5.39. The lowest BCUT2D eigenvalue weighted by molar-refractivity contribution is 0.0697. The van der Waals surface area contributed by atoms with E-state index in [9.17, 15) is 4.79 Å². The molecule has 0 unspecified atom stereocenters. The van der Waals surface area contributed by atoms with Crippen molar-refractivity contribution >= 4 is 27.6 Å². The number of nitrogens with one attached hydrogen (secondary N) is 1. The van der Waals surface area contributed by atoms with Gasteiger partial charge in [0.05, 0.1) is 5.56 Å². The van der Waals surface area contributed by atoms with Gasteiger partial charge in [0.15, 0.2) is 0 Å². The Labute approximate surface area is 116 Å². The molecule has 0 aromatic heterocycles. The second-order valence-electron chi connectivity index (χ2n) is 4.47. The van der Waals surface area contributed by atoms with Gasteiger partial charge < -0.3 is 15.3 Å². The summed E-state index contributed by atoms with van der Waals surface area (Å²) in [5, 5.41) is 12.2. The van der Waals surface area contributed by atoms with Crippen LogP contribution in [-0.4, -0.2) is 43.2 Å². The van der Waals surface area contributed by atoms with E-state index in [4.69, 9.17) is 5.11 Å². The zero-order valence-corrected chi connectivity index (χ0v) is 12.3. The average molecular weight is 315 g/mol. The van der Waals surface area contributed by atoms with Crippen LogP contribution in [0.3, 0.4) is 0 Å². The minimum absolute atomic E-state index is 0.292. The molecule has 0 spiro atoms. The second kappa shape index (κ2) is 7.38. The highest BCUT2D eigenvalue weighted by atomic mass is 79.9. The number of nitrogens with zero attached hydrogens (tertiary/aromatic N) is 1. The van der Waals surface area contributed by atoms with Crippen molar-refractivity contribution < 1.29 is 9.90 Å². The highest BCUT2D eigenvalue weighted by molar-refractivity contribution is 9.10. The first kappa shape index (κ1) is 15.0. The van der Waals surface area contributed by atoms with E-state index in [1.54, 1.807) is 12.1 Å². The van der Waals surface area contributed by atoms with E-state index in [0.29, 0.717) is 5.56 Å². The topological polar surface area (TPSA) is 52.6 Å². The van der Waals surface area contributed by atoms with Crippen LogP contribution in [0.1, 0.15) is 23.2 Å². The molecule has 100 valence electrons. The number of aromatic carboxylic acids is 1. The van der Waals surface area contributed by atoms with Gasteiger partial charge in [-0.1, -0.05) is 15.9 Å². The molecule has 0 saturated heterocycles. The number of carboxylic acid groups (broad SMARTS) is 1. The summed E-state index contributed by atoms with van der Waals surface area (Å²) in [5.41, 5.74) is 1.13. The van der Waals surface area contributed by atoms with Crippen molar-refractivity contribution in [3.05, 3.63) is 28.2 Å². The molecule has 0 fully saturated rings. The van der Waals surface area contributed by atoms with Gasteiger partial charge in [0.25, 0.3) is 0 Å². The lowest BCUT2D eigenvalue weighted by atomic mass is 10.2. The van der Waals surface area contributed by atoms with Crippen LogP contribution in [0.4, 0.5) is 5.69 Å². The highest BCUT2D eigenvalue weighted by Crippen LogP contribution is 2.19. The quantitative estimate of drug-likeness (QED) is 0.760. The van der Waals surface area contributed by atoms with Crippen LogP contribution in [0.15, 0.2) is 22.7 Å². The molecule has 5 heteroatoms. The molecule has 0 heterocycles. The maximum absolute atomic E-state index is 10.9. The molecule has 0 aliphatic heterocycles. The van der Waals surface area contributed by atoms with Crippen molar-refractivity contribution in [1.82, 2.24) is 4.90 Å². The van der Waals surface area contributed by atoms with Crippen molar-refractivity contribution in [2.24, 2.45) is 0 Å². The number of hydrogen-bond acceptors (Lipinski definition) is 3. The fourth-order valence-corrected chi connectivity index (χ4v) is 2.09. The first-order valence-electron chi connectivity index (χ1n) is 5.91. The zero-order valence-electron chi connectivity index (χ0n) is 10.7. The van der Waals surface area contributed by atoms with Crippen molar-refractivity contribution in [3.63, 3.8) is 0 Å². The fourth-order valence-electron chi connectivity index (χ4n) is 1.60. The summed E-state index contributed by atoms with van der Waals surface area (Å²) < 4.78 is 0.776. The van der Waals surface area contributed by atoms with E-state index in [1.807, 2.05) is 6.07 Å². The zero-order chi connectivity index (χ0) is 13.5. The number of carbonyl (C=O) groups is 1. The van der Waals surface area contributed by atoms with Crippen molar-refractivity contribution in [1.29, 1.82) is 0 Å². The van der Waals surface area contributed by atoms with Crippen LogP contribution in [-0.2, 0) is 0 Å².